The van der Waals surface area contributed by atoms with Gasteiger partial charge >= 0.3 is 0 Å². The van der Waals surface area contributed by atoms with Crippen molar-refractivity contribution >= 4 is 11.8 Å². The second-order valence-electron chi connectivity index (χ2n) is 5.34. The van der Waals surface area contributed by atoms with E-state index in [1.165, 1.54) is 0 Å². The van der Waals surface area contributed by atoms with E-state index in [-0.39, 0.29) is 17.7 Å². The van der Waals surface area contributed by atoms with Crippen LogP contribution in [0.1, 0.15) is 39.4 Å². The lowest BCUT2D eigenvalue weighted by molar-refractivity contribution is -0.152. The van der Waals surface area contributed by atoms with Crippen molar-refractivity contribution in [2.45, 2.75) is 52.2 Å². The molecule has 5 heteroatoms. The van der Waals surface area contributed by atoms with Crippen LogP contribution in [0.3, 0.4) is 0 Å². The lowest BCUT2D eigenvalue weighted by Gasteiger charge is -2.40. The molecule has 2 rings (SSSR count). The molecule has 3 unspecified atom stereocenters. The van der Waals surface area contributed by atoms with E-state index in [2.05, 4.69) is 5.32 Å². The van der Waals surface area contributed by atoms with Crippen LogP contribution in [0.15, 0.2) is 22.8 Å². The van der Waals surface area contributed by atoms with Crippen LogP contribution in [0.2, 0.25) is 0 Å². The summed E-state index contributed by atoms with van der Waals surface area (Å²) in [6, 6.07) is 2.78. The van der Waals surface area contributed by atoms with Crippen molar-refractivity contribution in [3.05, 3.63) is 24.2 Å². The summed E-state index contributed by atoms with van der Waals surface area (Å²) < 4.78 is 5.31. The second kappa shape index (κ2) is 6.11. The topological polar surface area (TPSA) is 62.6 Å². The molecule has 1 aliphatic heterocycles. The van der Waals surface area contributed by atoms with Gasteiger partial charge in [-0.25, -0.2) is 0 Å². The third kappa shape index (κ3) is 2.71. The smallest absolute Gasteiger partial charge is 0.246 e. The number of hydrogen-bond donors (Lipinski definition) is 1. The monoisotopic (exact) mass is 278 g/mol. The van der Waals surface area contributed by atoms with Gasteiger partial charge in [0.25, 0.3) is 0 Å². The van der Waals surface area contributed by atoms with Gasteiger partial charge in [0, 0.05) is 0 Å². The highest BCUT2D eigenvalue weighted by atomic mass is 16.3. The molecular formula is C15H22N2O3. The van der Waals surface area contributed by atoms with Gasteiger partial charge in [-0.1, -0.05) is 27.2 Å². The van der Waals surface area contributed by atoms with Crippen molar-refractivity contribution in [1.29, 1.82) is 0 Å². The Labute approximate surface area is 119 Å². The number of rotatable bonds is 5. The zero-order valence-electron chi connectivity index (χ0n) is 12.3. The average Bonchev–Trinajstić information content (AvgIpc) is 2.95. The molecule has 1 saturated heterocycles. The summed E-state index contributed by atoms with van der Waals surface area (Å²) in [6.45, 7) is 6.27. The molecule has 0 aromatic carbocycles. The van der Waals surface area contributed by atoms with Gasteiger partial charge in [0.1, 0.15) is 17.8 Å². The average molecular weight is 278 g/mol. The fourth-order valence-corrected chi connectivity index (χ4v) is 2.57. The lowest BCUT2D eigenvalue weighted by Crippen LogP contribution is -2.64. The van der Waals surface area contributed by atoms with Crippen molar-refractivity contribution in [2.24, 2.45) is 5.92 Å². The molecule has 5 nitrogen and oxygen atoms in total. The normalized spacial score (nSPS) is 24.6. The molecule has 2 heterocycles. The Morgan fingerprint density at radius 2 is 2.15 bits per heavy atom. The van der Waals surface area contributed by atoms with E-state index in [4.69, 9.17) is 4.42 Å². The zero-order valence-corrected chi connectivity index (χ0v) is 12.3. The van der Waals surface area contributed by atoms with E-state index in [1.807, 2.05) is 26.8 Å². The van der Waals surface area contributed by atoms with E-state index in [0.717, 1.165) is 6.42 Å². The summed E-state index contributed by atoms with van der Waals surface area (Å²) in [4.78, 5) is 26.5. The minimum atomic E-state index is -0.426. The van der Waals surface area contributed by atoms with Gasteiger partial charge < -0.3 is 14.6 Å². The fraction of sp³-hybridized carbons (Fsp3) is 0.600. The van der Waals surface area contributed by atoms with Gasteiger partial charge in [-0.05, 0) is 24.5 Å². The highest BCUT2D eigenvalue weighted by Crippen LogP contribution is 2.21. The second-order valence-corrected chi connectivity index (χ2v) is 5.34. The van der Waals surface area contributed by atoms with Crippen molar-refractivity contribution in [2.75, 3.05) is 0 Å². The SMILES string of the molecule is CCC(C)C1NC(=O)C(CC)N(Cc2ccco2)C1=O. The number of hydrogen-bond acceptors (Lipinski definition) is 3. The van der Waals surface area contributed by atoms with Crippen LogP contribution in [0.25, 0.3) is 0 Å². The summed E-state index contributed by atoms with van der Waals surface area (Å²) >= 11 is 0. The Morgan fingerprint density at radius 1 is 1.40 bits per heavy atom. The molecule has 0 spiro atoms. The van der Waals surface area contributed by atoms with Gasteiger partial charge in [0.2, 0.25) is 11.8 Å². The summed E-state index contributed by atoms with van der Waals surface area (Å²) in [7, 11) is 0. The molecule has 2 amide bonds. The number of nitrogens with zero attached hydrogens (tertiary/aromatic N) is 1. The predicted octanol–water partition coefficient (Wildman–Crippen LogP) is 1.93. The van der Waals surface area contributed by atoms with Crippen LogP contribution >= 0.6 is 0 Å². The van der Waals surface area contributed by atoms with Gasteiger partial charge in [-0.15, -0.1) is 0 Å². The Morgan fingerprint density at radius 3 is 2.70 bits per heavy atom. The van der Waals surface area contributed by atoms with E-state index in [1.54, 1.807) is 17.2 Å². The number of amides is 2. The lowest BCUT2D eigenvalue weighted by atomic mass is 9.93. The molecule has 3 atom stereocenters. The Hall–Kier alpha value is -1.78. The first-order valence-corrected chi connectivity index (χ1v) is 7.21. The Balaban J connectivity index is 2.23. The summed E-state index contributed by atoms with van der Waals surface area (Å²) in [6.07, 6.45) is 3.03. The first kappa shape index (κ1) is 14.6. The minimum absolute atomic E-state index is 0.0119. The third-order valence-electron chi connectivity index (χ3n) is 4.03. The molecule has 0 radical (unpaired) electrons. The molecule has 1 aromatic rings. The molecular weight excluding hydrogens is 256 g/mol. The van der Waals surface area contributed by atoms with Crippen LogP contribution < -0.4 is 5.32 Å². The zero-order chi connectivity index (χ0) is 14.7. The highest BCUT2D eigenvalue weighted by molar-refractivity contribution is 5.97. The van der Waals surface area contributed by atoms with Crippen LogP contribution in [0, 0.1) is 5.92 Å². The summed E-state index contributed by atoms with van der Waals surface area (Å²) in [5.74, 6) is 0.754. The van der Waals surface area contributed by atoms with Crippen LogP contribution in [-0.2, 0) is 16.1 Å². The maximum absolute atomic E-state index is 12.6. The van der Waals surface area contributed by atoms with Crippen molar-refractivity contribution in [3.8, 4) is 0 Å². The molecule has 1 aliphatic rings. The fourth-order valence-electron chi connectivity index (χ4n) is 2.57. The number of piperazine rings is 1. The molecule has 20 heavy (non-hydrogen) atoms. The van der Waals surface area contributed by atoms with Crippen LogP contribution in [-0.4, -0.2) is 28.8 Å². The van der Waals surface area contributed by atoms with E-state index < -0.39 is 12.1 Å². The predicted molar refractivity (Wildman–Crippen MR) is 74.7 cm³/mol. The first-order valence-electron chi connectivity index (χ1n) is 7.21. The molecule has 1 fully saturated rings. The Kier molecular flexibility index (Phi) is 4.47. The molecule has 1 N–H and O–H groups in total. The standard InChI is InChI=1S/C15H22N2O3/c1-4-10(3)13-15(19)17(9-11-7-6-8-20-11)12(5-2)14(18)16-13/h6-8,10,12-13H,4-5,9H2,1-3H3,(H,16,18). The maximum Gasteiger partial charge on any atom is 0.246 e. The Bertz CT molecular complexity index is 469. The highest BCUT2D eigenvalue weighted by Gasteiger charge is 2.41. The van der Waals surface area contributed by atoms with Crippen molar-refractivity contribution in [1.82, 2.24) is 10.2 Å². The number of nitrogens with one attached hydrogen (secondary N) is 1. The first-order chi connectivity index (χ1) is 9.58. The largest absolute Gasteiger partial charge is 0.467 e. The summed E-state index contributed by atoms with van der Waals surface area (Å²) in [5, 5.41) is 2.87. The van der Waals surface area contributed by atoms with E-state index in [0.29, 0.717) is 18.7 Å². The summed E-state index contributed by atoms with van der Waals surface area (Å²) in [5.41, 5.74) is 0. The van der Waals surface area contributed by atoms with Gasteiger partial charge in [0.05, 0.1) is 12.8 Å². The molecule has 0 bridgehead atoms. The number of carbonyl (C=O) groups excluding carboxylic acids is 2. The van der Waals surface area contributed by atoms with E-state index in [9.17, 15) is 9.59 Å². The molecule has 110 valence electrons. The van der Waals surface area contributed by atoms with Crippen LogP contribution in [0.4, 0.5) is 0 Å². The van der Waals surface area contributed by atoms with Crippen molar-refractivity contribution < 1.29 is 14.0 Å². The maximum atomic E-state index is 12.6. The molecule has 1 aromatic heterocycles. The molecule has 0 saturated carbocycles. The number of carbonyl (C=O) groups is 2. The van der Waals surface area contributed by atoms with Gasteiger partial charge in [-0.2, -0.15) is 0 Å². The van der Waals surface area contributed by atoms with Crippen LogP contribution in [0.5, 0.6) is 0 Å². The third-order valence-corrected chi connectivity index (χ3v) is 4.03. The van der Waals surface area contributed by atoms with Gasteiger partial charge in [0.15, 0.2) is 0 Å². The van der Waals surface area contributed by atoms with E-state index >= 15 is 0 Å². The number of furan rings is 1. The van der Waals surface area contributed by atoms with Crippen molar-refractivity contribution in [3.63, 3.8) is 0 Å². The van der Waals surface area contributed by atoms with Gasteiger partial charge in [-0.3, -0.25) is 9.59 Å². The minimum Gasteiger partial charge on any atom is -0.467 e. The quantitative estimate of drug-likeness (QED) is 0.895. The molecule has 0 aliphatic carbocycles.